The van der Waals surface area contributed by atoms with Gasteiger partial charge in [0.1, 0.15) is 58.1 Å². The summed E-state index contributed by atoms with van der Waals surface area (Å²) in [4.78, 5) is 129. The van der Waals surface area contributed by atoms with Crippen molar-refractivity contribution in [2.75, 3.05) is 21.3 Å². The first kappa shape index (κ1) is 84.6. The zero-order valence-electron chi connectivity index (χ0n) is 72.9. The number of benzene rings is 11. The average Bonchev–Trinajstić information content (AvgIpc) is 0.668. The van der Waals surface area contributed by atoms with Crippen LogP contribution in [0.4, 0.5) is 22.7 Å². The molecule has 2 heterocycles. The van der Waals surface area contributed by atoms with E-state index in [0.717, 1.165) is 112 Å². The Morgan fingerprint density at radius 1 is 0.377 bits per heavy atom. The van der Waals surface area contributed by atoms with E-state index in [0.29, 0.717) is 78.1 Å². The van der Waals surface area contributed by atoms with Crippen LogP contribution in [0.15, 0.2) is 170 Å². The molecule has 0 bridgehead atoms. The minimum Gasteiger partial charge on any atom is -0.456 e. The summed E-state index contributed by atoms with van der Waals surface area (Å²) in [6.07, 6.45) is 7.85. The van der Waals surface area contributed by atoms with Crippen molar-refractivity contribution in [1.29, 1.82) is 0 Å². The lowest BCUT2D eigenvalue weighted by Crippen LogP contribution is -2.56. The molecule has 2 aliphatic carbocycles. The lowest BCUT2D eigenvalue weighted by molar-refractivity contribution is -0.122. The molecular formula is C104H110N6O12. The van der Waals surface area contributed by atoms with Crippen LogP contribution in [0, 0.1) is 51.4 Å². The van der Waals surface area contributed by atoms with E-state index in [-0.39, 0.29) is 115 Å². The van der Waals surface area contributed by atoms with Crippen molar-refractivity contribution < 1.29 is 57.3 Å². The Bertz CT molecular complexity index is 5910. The number of nitrogens with one attached hydrogen (secondary N) is 4. The van der Waals surface area contributed by atoms with E-state index in [1.54, 1.807) is 86.6 Å². The quantitative estimate of drug-likeness (QED) is 0.0172. The zero-order valence-corrected chi connectivity index (χ0v) is 72.9. The van der Waals surface area contributed by atoms with Gasteiger partial charge in [-0.05, 0) is 225 Å². The van der Waals surface area contributed by atoms with Crippen molar-refractivity contribution in [3.63, 3.8) is 0 Å². The number of hydrogen-bond donors (Lipinski definition) is 4. The first-order valence-electron chi connectivity index (χ1n) is 43.2. The number of aryl methyl sites for hydroxylation is 4. The molecule has 15 rings (SSSR count). The molecule has 8 amide bonds. The Hall–Kier alpha value is -12.4. The Balaban J connectivity index is 1.08. The Kier molecular flexibility index (Phi) is 23.7. The van der Waals surface area contributed by atoms with Gasteiger partial charge in [-0.15, -0.1) is 0 Å². The van der Waals surface area contributed by atoms with E-state index in [1.807, 2.05) is 83.1 Å². The van der Waals surface area contributed by atoms with Crippen LogP contribution < -0.4 is 40.2 Å². The number of rotatable bonds is 26. The lowest BCUT2D eigenvalue weighted by atomic mass is 9.75. The molecule has 0 saturated heterocycles. The van der Waals surface area contributed by atoms with Gasteiger partial charge in [0.05, 0.1) is 22.3 Å². The first-order chi connectivity index (χ1) is 58.2. The summed E-state index contributed by atoms with van der Waals surface area (Å²) in [5, 5.41) is 14.1. The molecule has 18 heteroatoms. The van der Waals surface area contributed by atoms with Crippen LogP contribution in [0.5, 0.6) is 46.0 Å². The third kappa shape index (κ3) is 16.2. The van der Waals surface area contributed by atoms with E-state index >= 15 is 28.8 Å². The minimum atomic E-state index is -1.43. The van der Waals surface area contributed by atoms with Crippen molar-refractivity contribution in [2.45, 2.75) is 211 Å². The number of imide groups is 2. The molecule has 0 radical (unpaired) electrons. The molecule has 11 aromatic carbocycles. The van der Waals surface area contributed by atoms with Crippen LogP contribution in [-0.2, 0) is 19.2 Å². The molecule has 18 nitrogen and oxygen atoms in total. The third-order valence-corrected chi connectivity index (χ3v) is 25.7. The molecule has 628 valence electrons. The van der Waals surface area contributed by atoms with Crippen molar-refractivity contribution >= 4 is 113 Å². The normalized spacial score (nSPS) is 16.3. The van der Waals surface area contributed by atoms with Gasteiger partial charge in [-0.1, -0.05) is 201 Å². The van der Waals surface area contributed by atoms with Crippen LogP contribution in [0.2, 0.25) is 0 Å². The Morgan fingerprint density at radius 2 is 0.697 bits per heavy atom. The summed E-state index contributed by atoms with van der Waals surface area (Å²) >= 11 is 0. The first-order valence-corrected chi connectivity index (χ1v) is 43.2. The van der Waals surface area contributed by atoms with E-state index in [9.17, 15) is 9.59 Å². The van der Waals surface area contributed by atoms with E-state index in [1.165, 1.54) is 0 Å². The van der Waals surface area contributed by atoms with Crippen LogP contribution in [-0.4, -0.2) is 69.1 Å². The molecule has 122 heavy (non-hydrogen) atoms. The summed E-state index contributed by atoms with van der Waals surface area (Å²) < 4.78 is 30.6. The molecule has 2 aliphatic heterocycles. The Labute approximate surface area is 714 Å². The number of hydrogen-bond acceptors (Lipinski definition) is 12. The van der Waals surface area contributed by atoms with Gasteiger partial charge in [-0.25, -0.2) is 0 Å². The largest absolute Gasteiger partial charge is 0.456 e. The van der Waals surface area contributed by atoms with Gasteiger partial charge < -0.3 is 40.2 Å². The summed E-state index contributed by atoms with van der Waals surface area (Å²) in [5.41, 5.74) is 9.20. The van der Waals surface area contributed by atoms with Crippen LogP contribution in [0.3, 0.4) is 0 Å². The molecule has 4 N–H and O–H groups in total. The zero-order chi connectivity index (χ0) is 86.9. The maximum atomic E-state index is 17.2. The number of anilines is 4. The van der Waals surface area contributed by atoms with Crippen molar-refractivity contribution in [3.8, 4) is 46.0 Å². The van der Waals surface area contributed by atoms with Gasteiger partial charge >= 0.3 is 0 Å². The van der Waals surface area contributed by atoms with Gasteiger partial charge in [-0.2, -0.15) is 0 Å². The number of ether oxygens (including phenoxy) is 4. The SMILES string of the molecule is C=C(C)C(=O)Nc1cccc(NC(=O)C(CC2CCCCC2C)N2C(=O)c3cc(Oc4ccc(C(C)C)cc4C)c4c5c(Oc6ccc(C(C)C)cc6C)cc6c7c(cc(Oc8ccc(C(C)C)cc8C)c(c8c(Oc9ccc(C(C)C)cc9C)cc(c3c48)C2=O)c75)C(=O)N(C(C(=O)Nc2cccc(NC(=O)C(=C)C)c2)C(C)C2CCCCC2)C6=O)c1. The van der Waals surface area contributed by atoms with Crippen LogP contribution in [0.25, 0.3) is 43.1 Å². The van der Waals surface area contributed by atoms with Gasteiger partial charge in [-0.3, -0.25) is 48.2 Å². The summed E-state index contributed by atoms with van der Waals surface area (Å²) in [6, 6.07) is 41.1. The van der Waals surface area contributed by atoms with Crippen LogP contribution in [0.1, 0.15) is 257 Å². The number of fused-ring (bicyclic) bond motifs is 2. The predicted molar refractivity (Wildman–Crippen MR) is 486 cm³/mol. The monoisotopic (exact) mass is 1630 g/mol. The van der Waals surface area contributed by atoms with Gasteiger partial charge in [0.25, 0.3) is 35.4 Å². The average molecular weight is 1640 g/mol. The molecular weight excluding hydrogens is 1530 g/mol. The second-order valence-electron chi connectivity index (χ2n) is 35.9. The minimum absolute atomic E-state index is 0.0217. The summed E-state index contributed by atoms with van der Waals surface area (Å²) in [7, 11) is 0. The molecule has 5 unspecified atom stereocenters. The number of nitrogens with zero attached hydrogens (tertiary/aromatic N) is 2. The van der Waals surface area contributed by atoms with Gasteiger partial charge in [0.15, 0.2) is 0 Å². The van der Waals surface area contributed by atoms with Gasteiger partial charge in [0.2, 0.25) is 11.8 Å². The molecule has 4 aliphatic rings. The highest BCUT2D eigenvalue weighted by Gasteiger charge is 2.49. The molecule has 2 fully saturated rings. The van der Waals surface area contributed by atoms with Crippen LogP contribution >= 0.6 is 0 Å². The Morgan fingerprint density at radius 3 is 1.02 bits per heavy atom. The maximum absolute atomic E-state index is 17.2. The second-order valence-corrected chi connectivity index (χ2v) is 35.9. The standard InChI is InChI=1S/C104H110N6O12/c1-53(2)66-34-38-80(60(14)42-66)119-84-49-75-88-76(102(116)109(101(75)115)79(46-70-29-23-22-26-59(70)13)99(113)107-73-32-24-30-71(47-73)105-97(111)57(9)10)50-85(120-81-39-35-67(54(3)4)43-61(81)15)91-93-87(122-83-41-37-69(56(7)8)45-63(83)17)52-78-89-77(51-86(92(95(89)93)90(84)94(88)91)121-82-40-36-68(55(5)6)44-62(82)16)103(117)110(104(78)118)96(64(18)65-27-20-19-21-28-65)100(114)108-74-33-25-31-72(48-74)106-98(112)58(11)12/h24-25,30-45,47-56,59,64-65,70,79,96H,9,11,19-23,26-29,46H2,1-8,10,12-18H3,(H,105,111)(H,106,112)(H,107,113)(H,108,114). The van der Waals surface area contributed by atoms with Gasteiger partial charge in [0, 0.05) is 77.0 Å². The summed E-state index contributed by atoms with van der Waals surface area (Å²) in [6.45, 7) is 39.6. The smallest absolute Gasteiger partial charge is 0.262 e. The lowest BCUT2D eigenvalue weighted by Gasteiger charge is -2.40. The van der Waals surface area contributed by atoms with Crippen molar-refractivity contribution in [3.05, 3.63) is 237 Å². The van der Waals surface area contributed by atoms with Crippen molar-refractivity contribution in [2.24, 2.45) is 23.7 Å². The fourth-order valence-corrected chi connectivity index (χ4v) is 18.6. The highest BCUT2D eigenvalue weighted by Crippen LogP contribution is 2.59. The topological polar surface area (TPSA) is 228 Å². The number of carbonyl (C=O) groups excluding carboxylic acids is 8. The molecule has 2 saturated carbocycles. The highest BCUT2D eigenvalue weighted by atomic mass is 16.5. The van der Waals surface area contributed by atoms with E-state index in [4.69, 9.17) is 18.9 Å². The molecule has 0 spiro atoms. The van der Waals surface area contributed by atoms with E-state index < -0.39 is 65.3 Å². The predicted octanol–water partition coefficient (Wildman–Crippen LogP) is 25.3. The number of carbonyl (C=O) groups is 8. The molecule has 5 atom stereocenters. The maximum Gasteiger partial charge on any atom is 0.262 e. The fourth-order valence-electron chi connectivity index (χ4n) is 18.6. The number of amides is 8. The third-order valence-electron chi connectivity index (χ3n) is 25.7. The summed E-state index contributed by atoms with van der Waals surface area (Å²) in [5.74, 6) is -3.32. The fraction of sp³-hybridized carbons (Fsp3) is 0.346. The molecule has 11 aromatic rings. The van der Waals surface area contributed by atoms with Crippen molar-refractivity contribution in [1.82, 2.24) is 9.80 Å². The molecule has 0 aromatic heterocycles. The second kappa shape index (κ2) is 34.2. The highest BCUT2D eigenvalue weighted by molar-refractivity contribution is 6.45. The van der Waals surface area contributed by atoms with E-state index in [2.05, 4.69) is 121 Å².